The number of aromatic nitrogens is 2. The smallest absolute Gasteiger partial charge is 0.257 e. The van der Waals surface area contributed by atoms with Crippen molar-refractivity contribution in [2.75, 3.05) is 32.8 Å². The van der Waals surface area contributed by atoms with Gasteiger partial charge in [-0.1, -0.05) is 6.07 Å². The van der Waals surface area contributed by atoms with Crippen LogP contribution in [0.3, 0.4) is 0 Å². The fourth-order valence-electron chi connectivity index (χ4n) is 4.67. The number of carbonyl (C=O) groups excluding carboxylic acids is 1. The molecule has 2 aliphatic heterocycles. The van der Waals surface area contributed by atoms with Gasteiger partial charge in [0.15, 0.2) is 5.60 Å². The van der Waals surface area contributed by atoms with Crippen LogP contribution in [-0.2, 0) is 16.1 Å². The van der Waals surface area contributed by atoms with Crippen molar-refractivity contribution in [3.05, 3.63) is 60.2 Å². The lowest BCUT2D eigenvalue weighted by atomic mass is 9.83. The summed E-state index contributed by atoms with van der Waals surface area (Å²) < 4.78 is 6.33. The Hall–Kier alpha value is -2.31. The lowest BCUT2D eigenvalue weighted by Crippen LogP contribution is -2.60. The third kappa shape index (κ3) is 3.31. The second kappa shape index (κ2) is 7.26. The first kappa shape index (κ1) is 17.8. The molecule has 0 bridgehead atoms. The van der Waals surface area contributed by atoms with Crippen molar-refractivity contribution in [1.82, 2.24) is 19.8 Å². The molecule has 0 radical (unpaired) electrons. The maximum atomic E-state index is 13.7. The van der Waals surface area contributed by atoms with Crippen LogP contribution >= 0.6 is 0 Å². The molecule has 2 aromatic rings. The fraction of sp³-hybridized carbons (Fsp3) is 0.500. The maximum absolute atomic E-state index is 13.7. The van der Waals surface area contributed by atoms with Gasteiger partial charge in [0.1, 0.15) is 0 Å². The lowest BCUT2D eigenvalue weighted by Gasteiger charge is -2.42. The van der Waals surface area contributed by atoms with E-state index in [4.69, 9.17) is 4.74 Å². The van der Waals surface area contributed by atoms with Gasteiger partial charge in [-0.3, -0.25) is 19.7 Å². The van der Waals surface area contributed by atoms with E-state index in [0.29, 0.717) is 26.2 Å². The molecule has 2 atom stereocenters. The Labute approximate surface area is 165 Å². The molecular weight excluding hydrogens is 352 g/mol. The van der Waals surface area contributed by atoms with Crippen LogP contribution in [0.4, 0.5) is 0 Å². The number of hydrogen-bond acceptors (Lipinski definition) is 5. The van der Waals surface area contributed by atoms with Gasteiger partial charge in [-0.05, 0) is 48.1 Å². The first-order valence-corrected chi connectivity index (χ1v) is 10.2. The highest BCUT2D eigenvalue weighted by atomic mass is 16.5. The molecule has 6 nitrogen and oxygen atoms in total. The van der Waals surface area contributed by atoms with Gasteiger partial charge >= 0.3 is 0 Å². The Morgan fingerprint density at radius 3 is 2.75 bits per heavy atom. The van der Waals surface area contributed by atoms with Crippen molar-refractivity contribution in [1.29, 1.82) is 0 Å². The summed E-state index contributed by atoms with van der Waals surface area (Å²) in [5.41, 5.74) is 1.40. The van der Waals surface area contributed by atoms with Crippen LogP contribution in [0.2, 0.25) is 0 Å². The molecule has 4 heterocycles. The Kier molecular flexibility index (Phi) is 4.61. The summed E-state index contributed by atoms with van der Waals surface area (Å²) in [7, 11) is 0. The topological polar surface area (TPSA) is 58.6 Å². The van der Waals surface area contributed by atoms with Gasteiger partial charge in [0.05, 0.1) is 6.61 Å². The molecule has 3 fully saturated rings. The second-order valence-electron chi connectivity index (χ2n) is 8.30. The van der Waals surface area contributed by atoms with E-state index >= 15 is 0 Å². The number of morpholine rings is 1. The van der Waals surface area contributed by atoms with Gasteiger partial charge in [-0.25, -0.2) is 0 Å². The van der Waals surface area contributed by atoms with E-state index in [1.165, 1.54) is 12.8 Å². The summed E-state index contributed by atoms with van der Waals surface area (Å²) in [6.45, 7) is 4.41. The highest BCUT2D eigenvalue weighted by Crippen LogP contribution is 2.43. The van der Waals surface area contributed by atoms with E-state index in [1.54, 1.807) is 18.6 Å². The SMILES string of the molecule is O=C1N(Cc2ccncc2)CCOC12CN(CC1CC1)CC2c1cccnc1. The van der Waals surface area contributed by atoms with E-state index < -0.39 is 5.60 Å². The number of carbonyl (C=O) groups is 1. The number of rotatable bonds is 5. The summed E-state index contributed by atoms with van der Waals surface area (Å²) in [6, 6.07) is 7.98. The van der Waals surface area contributed by atoms with E-state index in [9.17, 15) is 4.79 Å². The van der Waals surface area contributed by atoms with Crippen LogP contribution in [0.15, 0.2) is 49.1 Å². The minimum absolute atomic E-state index is 0.0210. The Morgan fingerprint density at radius 2 is 2.00 bits per heavy atom. The molecule has 2 unspecified atom stereocenters. The predicted molar refractivity (Wildman–Crippen MR) is 104 cm³/mol. The molecule has 0 N–H and O–H groups in total. The van der Waals surface area contributed by atoms with E-state index in [0.717, 1.165) is 30.1 Å². The highest BCUT2D eigenvalue weighted by Gasteiger charge is 2.57. The standard InChI is InChI=1S/C22H26N4O2/c27-21-22(28-11-10-26(21)14-18-5-8-23-9-6-18)16-25(13-17-3-4-17)15-20(22)19-2-1-7-24-12-19/h1-2,5-9,12,17,20H,3-4,10-11,13-16H2. The number of ether oxygens (including phenoxy) is 1. The van der Waals surface area contributed by atoms with Gasteiger partial charge in [-0.2, -0.15) is 0 Å². The molecule has 28 heavy (non-hydrogen) atoms. The molecule has 1 aliphatic carbocycles. The number of pyridine rings is 2. The van der Waals surface area contributed by atoms with Gasteiger partial charge < -0.3 is 9.64 Å². The van der Waals surface area contributed by atoms with Crippen LogP contribution in [0.5, 0.6) is 0 Å². The first-order valence-electron chi connectivity index (χ1n) is 10.2. The molecular formula is C22H26N4O2. The Morgan fingerprint density at radius 1 is 1.14 bits per heavy atom. The van der Waals surface area contributed by atoms with E-state index in [-0.39, 0.29) is 11.8 Å². The number of hydrogen-bond donors (Lipinski definition) is 0. The number of nitrogens with zero attached hydrogens (tertiary/aromatic N) is 4. The quantitative estimate of drug-likeness (QED) is 0.797. The second-order valence-corrected chi connectivity index (χ2v) is 8.30. The van der Waals surface area contributed by atoms with Crippen LogP contribution in [0, 0.1) is 5.92 Å². The molecule has 2 saturated heterocycles. The summed E-state index contributed by atoms with van der Waals surface area (Å²) in [6.07, 6.45) is 9.86. The van der Waals surface area contributed by atoms with Crippen LogP contribution < -0.4 is 0 Å². The minimum atomic E-state index is -0.802. The highest BCUT2D eigenvalue weighted by molar-refractivity contribution is 5.88. The van der Waals surface area contributed by atoms with Crippen LogP contribution in [-0.4, -0.2) is 64.1 Å². The van der Waals surface area contributed by atoms with Crippen molar-refractivity contribution in [2.24, 2.45) is 5.92 Å². The van der Waals surface area contributed by atoms with Crippen LogP contribution in [0.25, 0.3) is 0 Å². The largest absolute Gasteiger partial charge is 0.361 e. The average Bonchev–Trinajstić information content (AvgIpc) is 3.47. The molecule has 146 valence electrons. The monoisotopic (exact) mass is 378 g/mol. The number of likely N-dealkylation sites (tertiary alicyclic amines) is 1. The maximum Gasteiger partial charge on any atom is 0.257 e. The molecule has 1 spiro atoms. The summed E-state index contributed by atoms with van der Waals surface area (Å²) >= 11 is 0. The summed E-state index contributed by atoms with van der Waals surface area (Å²) in [5, 5.41) is 0. The van der Waals surface area contributed by atoms with Gasteiger partial charge in [0, 0.05) is 63.4 Å². The molecule has 5 rings (SSSR count). The Bertz CT molecular complexity index is 827. The van der Waals surface area contributed by atoms with Crippen molar-refractivity contribution in [3.8, 4) is 0 Å². The summed E-state index contributed by atoms with van der Waals surface area (Å²) in [4.78, 5) is 26.5. The zero-order valence-corrected chi connectivity index (χ0v) is 16.0. The van der Waals surface area contributed by atoms with Crippen molar-refractivity contribution in [3.63, 3.8) is 0 Å². The van der Waals surface area contributed by atoms with Crippen molar-refractivity contribution < 1.29 is 9.53 Å². The van der Waals surface area contributed by atoms with Crippen molar-refractivity contribution in [2.45, 2.75) is 30.9 Å². The predicted octanol–water partition coefficient (Wildman–Crippen LogP) is 2.08. The van der Waals surface area contributed by atoms with Gasteiger partial charge in [0.25, 0.3) is 5.91 Å². The van der Waals surface area contributed by atoms with Gasteiger partial charge in [0.2, 0.25) is 0 Å². The van der Waals surface area contributed by atoms with Gasteiger partial charge in [-0.15, -0.1) is 0 Å². The lowest BCUT2D eigenvalue weighted by molar-refractivity contribution is -0.173. The zero-order valence-electron chi connectivity index (χ0n) is 16.0. The molecule has 3 aliphatic rings. The molecule has 6 heteroatoms. The minimum Gasteiger partial charge on any atom is -0.361 e. The molecule has 0 aromatic carbocycles. The first-order chi connectivity index (χ1) is 13.7. The fourth-order valence-corrected chi connectivity index (χ4v) is 4.67. The average molecular weight is 378 g/mol. The van der Waals surface area contributed by atoms with E-state index in [2.05, 4.69) is 20.9 Å². The molecule has 1 amide bonds. The normalized spacial score (nSPS) is 28.2. The zero-order chi connectivity index (χ0) is 19.0. The van der Waals surface area contributed by atoms with Crippen LogP contribution in [0.1, 0.15) is 29.9 Å². The third-order valence-electron chi connectivity index (χ3n) is 6.26. The number of amides is 1. The van der Waals surface area contributed by atoms with E-state index in [1.807, 2.05) is 29.3 Å². The molecule has 2 aromatic heterocycles. The summed E-state index contributed by atoms with van der Waals surface area (Å²) in [5.74, 6) is 0.923. The third-order valence-corrected chi connectivity index (χ3v) is 6.26. The van der Waals surface area contributed by atoms with Crippen molar-refractivity contribution >= 4 is 5.91 Å². The Balaban J connectivity index is 1.44. The molecule has 1 saturated carbocycles.